The van der Waals surface area contributed by atoms with E-state index in [1.165, 1.54) is 6.33 Å². The zero-order valence-corrected chi connectivity index (χ0v) is 22.7. The molecule has 5 aromatic rings. The van der Waals surface area contributed by atoms with Crippen molar-refractivity contribution in [1.29, 1.82) is 0 Å². The van der Waals surface area contributed by atoms with E-state index in [1.54, 1.807) is 29.3 Å². The normalized spacial score (nSPS) is 14.7. The molecule has 0 saturated carbocycles. The van der Waals surface area contributed by atoms with Crippen LogP contribution in [-0.4, -0.2) is 57.3 Å². The lowest BCUT2D eigenvalue weighted by atomic mass is 10.0. The number of ketones is 1. The molecule has 2 aromatic heterocycles. The zero-order chi connectivity index (χ0) is 28.2. The van der Waals surface area contributed by atoms with Crippen molar-refractivity contribution in [1.82, 2.24) is 19.9 Å². The van der Waals surface area contributed by atoms with Crippen LogP contribution in [0, 0.1) is 0 Å². The molecule has 0 radical (unpaired) electrons. The number of ether oxygens (including phenoxy) is 2. The average Bonchev–Trinajstić information content (AvgIpc) is 3.65. The Morgan fingerprint density at radius 2 is 1.71 bits per heavy atom. The number of carbonyl (C=O) groups excluding carboxylic acids is 2. The molecule has 9 nitrogen and oxygen atoms in total. The predicted molar refractivity (Wildman–Crippen MR) is 156 cm³/mol. The standard InChI is InChI=1S/C31H26ClN5O4/c32-26-15-23(41-22-9-5-2-6-10-22)11-12-24(26)29(39)25-16-33-30-28(25)31(35-19-34-30)36-20-13-14-37(17-20)27(38)18-40-21-7-3-1-4-8-21/h1-12,15-16,19-20H,13-14,17-18H2,(H2,33,34,35,36). The minimum Gasteiger partial charge on any atom is -0.484 e. The Kier molecular flexibility index (Phi) is 7.51. The molecular weight excluding hydrogens is 542 g/mol. The van der Waals surface area contributed by atoms with E-state index < -0.39 is 0 Å². The Bertz CT molecular complexity index is 1690. The first kappa shape index (κ1) is 26.3. The Morgan fingerprint density at radius 1 is 0.951 bits per heavy atom. The number of para-hydroxylation sites is 2. The van der Waals surface area contributed by atoms with E-state index in [2.05, 4.69) is 20.3 Å². The third-order valence-electron chi connectivity index (χ3n) is 6.87. The fourth-order valence-corrected chi connectivity index (χ4v) is 5.07. The van der Waals surface area contributed by atoms with E-state index in [0.717, 1.165) is 6.42 Å². The van der Waals surface area contributed by atoms with Crippen molar-refractivity contribution in [2.24, 2.45) is 0 Å². The first-order valence-corrected chi connectivity index (χ1v) is 13.5. The van der Waals surface area contributed by atoms with E-state index in [0.29, 0.717) is 58.3 Å². The number of halogens is 1. The molecule has 1 saturated heterocycles. The number of aromatic amines is 1. The highest BCUT2D eigenvalue weighted by atomic mass is 35.5. The maximum atomic E-state index is 13.6. The van der Waals surface area contributed by atoms with Crippen molar-refractivity contribution in [2.75, 3.05) is 25.0 Å². The molecule has 1 fully saturated rings. The second-order valence-electron chi connectivity index (χ2n) is 9.61. The molecule has 1 aliphatic heterocycles. The highest BCUT2D eigenvalue weighted by molar-refractivity contribution is 6.35. The van der Waals surface area contributed by atoms with Crippen LogP contribution in [0.25, 0.3) is 11.0 Å². The summed E-state index contributed by atoms with van der Waals surface area (Å²) >= 11 is 6.54. The summed E-state index contributed by atoms with van der Waals surface area (Å²) in [5.41, 5.74) is 1.25. The summed E-state index contributed by atoms with van der Waals surface area (Å²) < 4.78 is 11.5. The Balaban J connectivity index is 1.16. The summed E-state index contributed by atoms with van der Waals surface area (Å²) in [4.78, 5) is 39.9. The van der Waals surface area contributed by atoms with E-state index in [4.69, 9.17) is 21.1 Å². The van der Waals surface area contributed by atoms with Gasteiger partial charge >= 0.3 is 0 Å². The van der Waals surface area contributed by atoms with Crippen LogP contribution < -0.4 is 14.8 Å². The van der Waals surface area contributed by atoms with Crippen molar-refractivity contribution in [2.45, 2.75) is 12.5 Å². The number of hydrogen-bond acceptors (Lipinski definition) is 7. The maximum Gasteiger partial charge on any atom is 0.260 e. The highest BCUT2D eigenvalue weighted by Gasteiger charge is 2.28. The van der Waals surface area contributed by atoms with Crippen LogP contribution in [0.3, 0.4) is 0 Å². The largest absolute Gasteiger partial charge is 0.484 e. The molecule has 1 aliphatic rings. The molecule has 6 rings (SSSR count). The number of aromatic nitrogens is 3. The quantitative estimate of drug-likeness (QED) is 0.219. The number of anilines is 1. The lowest BCUT2D eigenvalue weighted by Crippen LogP contribution is -2.35. The van der Waals surface area contributed by atoms with Crippen LogP contribution in [0.1, 0.15) is 22.3 Å². The van der Waals surface area contributed by atoms with Gasteiger partial charge in [0, 0.05) is 37.0 Å². The van der Waals surface area contributed by atoms with E-state index in [1.807, 2.05) is 60.7 Å². The van der Waals surface area contributed by atoms with Crippen LogP contribution >= 0.6 is 11.6 Å². The Morgan fingerprint density at radius 3 is 2.46 bits per heavy atom. The first-order chi connectivity index (χ1) is 20.0. The second-order valence-corrected chi connectivity index (χ2v) is 10.0. The molecule has 206 valence electrons. The van der Waals surface area contributed by atoms with Gasteiger partial charge < -0.3 is 24.7 Å². The van der Waals surface area contributed by atoms with Crippen molar-refractivity contribution in [3.63, 3.8) is 0 Å². The van der Waals surface area contributed by atoms with Crippen LogP contribution in [0.4, 0.5) is 5.82 Å². The van der Waals surface area contributed by atoms with Gasteiger partial charge in [-0.3, -0.25) is 9.59 Å². The van der Waals surface area contributed by atoms with Gasteiger partial charge in [-0.15, -0.1) is 0 Å². The molecule has 10 heteroatoms. The van der Waals surface area contributed by atoms with E-state index in [9.17, 15) is 9.59 Å². The molecule has 1 amide bonds. The number of H-pyrrole nitrogens is 1. The lowest BCUT2D eigenvalue weighted by molar-refractivity contribution is -0.132. The molecule has 1 atom stereocenters. The molecule has 3 heterocycles. The van der Waals surface area contributed by atoms with Gasteiger partial charge in [0.2, 0.25) is 0 Å². The van der Waals surface area contributed by atoms with Gasteiger partial charge in [-0.2, -0.15) is 0 Å². The summed E-state index contributed by atoms with van der Waals surface area (Å²) in [7, 11) is 0. The molecule has 0 bridgehead atoms. The summed E-state index contributed by atoms with van der Waals surface area (Å²) in [5, 5.41) is 4.25. The van der Waals surface area contributed by atoms with Crippen LogP contribution in [0.5, 0.6) is 17.2 Å². The number of carbonyl (C=O) groups is 2. The second kappa shape index (κ2) is 11.7. The molecular formula is C31H26ClN5O4. The minimum atomic E-state index is -0.272. The monoisotopic (exact) mass is 567 g/mol. The number of fused-ring (bicyclic) bond motifs is 1. The maximum absolute atomic E-state index is 13.6. The van der Waals surface area contributed by atoms with Gasteiger partial charge in [-0.05, 0) is 42.8 Å². The predicted octanol–water partition coefficient (Wildman–Crippen LogP) is 5.73. The summed E-state index contributed by atoms with van der Waals surface area (Å²) in [5.74, 6) is 2.00. The van der Waals surface area contributed by atoms with Crippen LogP contribution in [0.2, 0.25) is 5.02 Å². The number of hydrogen-bond donors (Lipinski definition) is 2. The number of benzene rings is 3. The Hall–Kier alpha value is -4.89. The fourth-order valence-electron chi connectivity index (χ4n) is 4.82. The third kappa shape index (κ3) is 5.85. The summed E-state index contributed by atoms with van der Waals surface area (Å²) in [6.07, 6.45) is 3.78. The number of amides is 1. The zero-order valence-electron chi connectivity index (χ0n) is 21.9. The van der Waals surface area contributed by atoms with Gasteiger partial charge in [0.05, 0.1) is 16.0 Å². The lowest BCUT2D eigenvalue weighted by Gasteiger charge is -2.18. The Labute approximate surface area is 241 Å². The number of nitrogens with zero attached hydrogens (tertiary/aromatic N) is 3. The third-order valence-corrected chi connectivity index (χ3v) is 7.18. The average molecular weight is 568 g/mol. The van der Waals surface area contributed by atoms with Gasteiger partial charge in [0.25, 0.3) is 5.91 Å². The molecule has 0 aliphatic carbocycles. The van der Waals surface area contributed by atoms with E-state index in [-0.39, 0.29) is 29.4 Å². The van der Waals surface area contributed by atoms with Crippen molar-refractivity contribution < 1.29 is 19.1 Å². The van der Waals surface area contributed by atoms with E-state index >= 15 is 0 Å². The molecule has 2 N–H and O–H groups in total. The summed E-state index contributed by atoms with van der Waals surface area (Å²) in [6, 6.07) is 23.5. The van der Waals surface area contributed by atoms with Crippen LogP contribution in [-0.2, 0) is 4.79 Å². The number of nitrogens with one attached hydrogen (secondary N) is 2. The summed E-state index contributed by atoms with van der Waals surface area (Å²) in [6.45, 7) is 1.06. The molecule has 41 heavy (non-hydrogen) atoms. The van der Waals surface area contributed by atoms with Gasteiger partial charge in [0.15, 0.2) is 12.4 Å². The van der Waals surface area contributed by atoms with Gasteiger partial charge in [0.1, 0.15) is 35.0 Å². The highest BCUT2D eigenvalue weighted by Crippen LogP contribution is 2.32. The fraction of sp³-hybridized carbons (Fsp3) is 0.161. The van der Waals surface area contributed by atoms with Crippen molar-refractivity contribution in [3.8, 4) is 17.2 Å². The van der Waals surface area contributed by atoms with Gasteiger partial charge in [-0.1, -0.05) is 48.0 Å². The minimum absolute atomic E-state index is 0.0269. The van der Waals surface area contributed by atoms with Gasteiger partial charge in [-0.25, -0.2) is 9.97 Å². The van der Waals surface area contributed by atoms with Crippen molar-refractivity contribution in [3.05, 3.63) is 108 Å². The smallest absolute Gasteiger partial charge is 0.260 e. The SMILES string of the molecule is O=C(c1ccc(Oc2ccccc2)cc1Cl)c1c[nH]c2ncnc(NC3CCN(C(=O)COc4ccccc4)C3)c12. The molecule has 3 aromatic carbocycles. The number of likely N-dealkylation sites (tertiary alicyclic amines) is 1. The molecule has 0 spiro atoms. The van der Waals surface area contributed by atoms with Crippen molar-refractivity contribution >= 4 is 40.1 Å². The first-order valence-electron chi connectivity index (χ1n) is 13.2. The van der Waals surface area contributed by atoms with Crippen LogP contribution in [0.15, 0.2) is 91.4 Å². The molecule has 1 unspecified atom stereocenters. The topological polar surface area (TPSA) is 109 Å². The number of rotatable bonds is 9.